The van der Waals surface area contributed by atoms with Crippen molar-refractivity contribution in [1.29, 1.82) is 0 Å². The summed E-state index contributed by atoms with van der Waals surface area (Å²) in [6.45, 7) is 6.20. The van der Waals surface area contributed by atoms with Crippen molar-refractivity contribution in [3.8, 4) is 16.9 Å². The normalized spacial score (nSPS) is 11.5. The number of methoxy groups -OCH3 is 1. The van der Waals surface area contributed by atoms with Crippen LogP contribution < -0.4 is 16.0 Å². The third-order valence-electron chi connectivity index (χ3n) is 3.19. The first-order valence-corrected chi connectivity index (χ1v) is 7.23. The molecule has 0 atom stereocenters. The summed E-state index contributed by atoms with van der Waals surface area (Å²) in [5, 5.41) is 0. The van der Waals surface area contributed by atoms with E-state index >= 15 is 0 Å². The van der Waals surface area contributed by atoms with Crippen molar-refractivity contribution in [3.05, 3.63) is 49.2 Å². The smallest absolute Gasteiger partial charge is 0.325 e. The highest BCUT2D eigenvalue weighted by molar-refractivity contribution is 9.10. The average Bonchev–Trinajstić information content (AvgIpc) is 2.36. The summed E-state index contributed by atoms with van der Waals surface area (Å²) in [5.41, 5.74) is 0.996. The fourth-order valence-electron chi connectivity index (χ4n) is 2.14. The monoisotopic (exact) mass is 352 g/mol. The molecule has 1 aromatic heterocycles. The predicted molar refractivity (Wildman–Crippen MR) is 86.1 cm³/mol. The summed E-state index contributed by atoms with van der Waals surface area (Å²) in [6.07, 6.45) is 1.42. The first kappa shape index (κ1) is 15.6. The van der Waals surface area contributed by atoms with Crippen LogP contribution in [-0.4, -0.2) is 17.1 Å². The largest absolute Gasteiger partial charge is 0.495 e. The van der Waals surface area contributed by atoms with Crippen LogP contribution in [0, 0.1) is 0 Å². The lowest BCUT2D eigenvalue weighted by molar-refractivity contribution is 0.395. The maximum absolute atomic E-state index is 11.9. The van der Waals surface area contributed by atoms with Crippen molar-refractivity contribution in [1.82, 2.24) is 9.97 Å². The Hall–Kier alpha value is -1.82. The van der Waals surface area contributed by atoms with E-state index in [-0.39, 0.29) is 5.41 Å². The summed E-state index contributed by atoms with van der Waals surface area (Å²) in [4.78, 5) is 27.8. The Morgan fingerprint density at radius 3 is 2.38 bits per heavy atom. The second-order valence-corrected chi connectivity index (χ2v) is 6.63. The average molecular weight is 353 g/mol. The molecule has 112 valence electrons. The van der Waals surface area contributed by atoms with Crippen LogP contribution in [0.2, 0.25) is 0 Å². The van der Waals surface area contributed by atoms with Crippen molar-refractivity contribution >= 4 is 15.9 Å². The molecule has 0 aliphatic carbocycles. The Kier molecular flexibility index (Phi) is 4.09. The second kappa shape index (κ2) is 5.52. The zero-order valence-electron chi connectivity index (χ0n) is 12.3. The molecule has 0 saturated carbocycles. The van der Waals surface area contributed by atoms with Gasteiger partial charge in [0.15, 0.2) is 0 Å². The second-order valence-electron chi connectivity index (χ2n) is 5.77. The van der Waals surface area contributed by atoms with E-state index in [1.165, 1.54) is 6.20 Å². The highest BCUT2D eigenvalue weighted by Crippen LogP contribution is 2.39. The zero-order valence-corrected chi connectivity index (χ0v) is 13.9. The molecule has 6 heteroatoms. The number of hydrogen-bond donors (Lipinski definition) is 2. The molecule has 0 bridgehead atoms. The van der Waals surface area contributed by atoms with Gasteiger partial charge in [0, 0.05) is 11.8 Å². The van der Waals surface area contributed by atoms with E-state index in [2.05, 4.69) is 46.7 Å². The molecule has 0 aliphatic heterocycles. The van der Waals surface area contributed by atoms with Crippen LogP contribution in [0.4, 0.5) is 0 Å². The van der Waals surface area contributed by atoms with Gasteiger partial charge in [0.1, 0.15) is 5.75 Å². The summed E-state index contributed by atoms with van der Waals surface area (Å²) in [6, 6.07) is 3.71. The summed E-state index contributed by atoms with van der Waals surface area (Å²) in [7, 11) is 1.61. The standard InChI is InChI=1S/C15H17BrN2O3/c1-15(2,3)10-5-8(6-11(16)12(10)21-4)9-7-17-14(20)18-13(9)19/h5-7H,1-4H3,(H2,17,18,19,20). The third kappa shape index (κ3) is 3.10. The van der Waals surface area contributed by atoms with E-state index in [9.17, 15) is 9.59 Å². The Balaban J connectivity index is 2.75. The van der Waals surface area contributed by atoms with E-state index in [0.29, 0.717) is 11.1 Å². The third-order valence-corrected chi connectivity index (χ3v) is 3.78. The molecule has 2 aromatic rings. The lowest BCUT2D eigenvalue weighted by Gasteiger charge is -2.24. The number of hydrogen-bond acceptors (Lipinski definition) is 3. The van der Waals surface area contributed by atoms with E-state index in [1.807, 2.05) is 6.07 Å². The molecule has 0 unspecified atom stereocenters. The maximum atomic E-state index is 11.9. The van der Waals surface area contributed by atoms with Crippen LogP contribution in [-0.2, 0) is 5.41 Å². The number of rotatable bonds is 2. The molecular weight excluding hydrogens is 336 g/mol. The fraction of sp³-hybridized carbons (Fsp3) is 0.333. The van der Waals surface area contributed by atoms with Crippen LogP contribution in [0.3, 0.4) is 0 Å². The molecular formula is C15H17BrN2O3. The highest BCUT2D eigenvalue weighted by Gasteiger charge is 2.22. The SMILES string of the molecule is COc1c(Br)cc(-c2c[nH]c(=O)[nH]c2=O)cc1C(C)(C)C. The maximum Gasteiger partial charge on any atom is 0.325 e. The van der Waals surface area contributed by atoms with Crippen LogP contribution in [0.1, 0.15) is 26.3 Å². The van der Waals surface area contributed by atoms with Crippen LogP contribution in [0.25, 0.3) is 11.1 Å². The minimum atomic E-state index is -0.521. The van der Waals surface area contributed by atoms with Crippen LogP contribution in [0.15, 0.2) is 32.4 Å². The number of halogens is 1. The van der Waals surface area contributed by atoms with Gasteiger partial charge in [-0.15, -0.1) is 0 Å². The van der Waals surface area contributed by atoms with Gasteiger partial charge in [-0.3, -0.25) is 9.78 Å². The van der Waals surface area contributed by atoms with E-state index in [0.717, 1.165) is 15.8 Å². The molecule has 0 saturated heterocycles. The molecule has 0 fully saturated rings. The number of aromatic amines is 2. The molecule has 0 radical (unpaired) electrons. The van der Waals surface area contributed by atoms with Gasteiger partial charge in [-0.25, -0.2) is 4.79 Å². The number of H-pyrrole nitrogens is 2. The summed E-state index contributed by atoms with van der Waals surface area (Å²) >= 11 is 3.48. The van der Waals surface area contributed by atoms with E-state index in [4.69, 9.17) is 4.74 Å². The van der Waals surface area contributed by atoms with Crippen molar-refractivity contribution in [2.75, 3.05) is 7.11 Å². The summed E-state index contributed by atoms with van der Waals surface area (Å²) < 4.78 is 6.21. The Morgan fingerprint density at radius 2 is 1.86 bits per heavy atom. The molecule has 5 nitrogen and oxygen atoms in total. The van der Waals surface area contributed by atoms with Crippen molar-refractivity contribution < 1.29 is 4.74 Å². The van der Waals surface area contributed by atoms with Gasteiger partial charge in [-0.1, -0.05) is 20.8 Å². The lowest BCUT2D eigenvalue weighted by Crippen LogP contribution is -2.22. The molecule has 1 aromatic carbocycles. The van der Waals surface area contributed by atoms with Gasteiger partial charge in [-0.05, 0) is 39.0 Å². The first-order chi connectivity index (χ1) is 9.74. The van der Waals surface area contributed by atoms with Gasteiger partial charge in [0.25, 0.3) is 5.56 Å². The van der Waals surface area contributed by atoms with Gasteiger partial charge in [0.05, 0.1) is 17.1 Å². The molecule has 0 spiro atoms. The van der Waals surface area contributed by atoms with E-state index < -0.39 is 11.2 Å². The Bertz CT molecular complexity index is 785. The molecule has 0 amide bonds. The number of benzene rings is 1. The predicted octanol–water partition coefficient (Wildman–Crippen LogP) is 2.80. The molecule has 2 N–H and O–H groups in total. The fourth-order valence-corrected chi connectivity index (χ4v) is 2.76. The van der Waals surface area contributed by atoms with Crippen LogP contribution >= 0.6 is 15.9 Å². The molecule has 21 heavy (non-hydrogen) atoms. The molecule has 1 heterocycles. The lowest BCUT2D eigenvalue weighted by atomic mass is 9.85. The van der Waals surface area contributed by atoms with Gasteiger partial charge >= 0.3 is 5.69 Å². The minimum absolute atomic E-state index is 0.154. The highest BCUT2D eigenvalue weighted by atomic mass is 79.9. The Labute approximate surface area is 130 Å². The Morgan fingerprint density at radius 1 is 1.19 bits per heavy atom. The van der Waals surface area contributed by atoms with E-state index in [1.54, 1.807) is 13.2 Å². The van der Waals surface area contributed by atoms with Gasteiger partial charge < -0.3 is 9.72 Å². The zero-order chi connectivity index (χ0) is 15.8. The molecule has 0 aliphatic rings. The molecule has 2 rings (SSSR count). The minimum Gasteiger partial charge on any atom is -0.495 e. The van der Waals surface area contributed by atoms with Gasteiger partial charge in [0.2, 0.25) is 0 Å². The summed E-state index contributed by atoms with van der Waals surface area (Å²) in [5.74, 6) is 0.743. The number of aromatic nitrogens is 2. The van der Waals surface area contributed by atoms with Crippen molar-refractivity contribution in [2.45, 2.75) is 26.2 Å². The van der Waals surface area contributed by atoms with Crippen LogP contribution in [0.5, 0.6) is 5.75 Å². The first-order valence-electron chi connectivity index (χ1n) is 6.44. The topological polar surface area (TPSA) is 75.0 Å². The number of ether oxygens (including phenoxy) is 1. The number of nitrogens with one attached hydrogen (secondary N) is 2. The van der Waals surface area contributed by atoms with Crippen molar-refractivity contribution in [2.24, 2.45) is 0 Å². The van der Waals surface area contributed by atoms with Crippen molar-refractivity contribution in [3.63, 3.8) is 0 Å². The van der Waals surface area contributed by atoms with Gasteiger partial charge in [-0.2, -0.15) is 0 Å². The quantitative estimate of drug-likeness (QED) is 0.872.